The summed E-state index contributed by atoms with van der Waals surface area (Å²) in [6, 6.07) is 0.256. The Bertz CT molecular complexity index is 560. The number of hydrogen-bond acceptors (Lipinski definition) is 3. The van der Waals surface area contributed by atoms with Crippen LogP contribution in [0.3, 0.4) is 0 Å². The van der Waals surface area contributed by atoms with Crippen LogP contribution in [-0.2, 0) is 14.8 Å². The quantitative estimate of drug-likeness (QED) is 0.737. The van der Waals surface area contributed by atoms with Crippen LogP contribution in [0.25, 0.3) is 0 Å². The van der Waals surface area contributed by atoms with Crippen molar-refractivity contribution in [2.75, 3.05) is 19.3 Å². The fourth-order valence-electron chi connectivity index (χ4n) is 4.11. The molecule has 0 spiro atoms. The Balaban J connectivity index is 1.64. The highest BCUT2D eigenvalue weighted by molar-refractivity contribution is 7.88. The Morgan fingerprint density at radius 3 is 2.17 bits per heavy atom. The number of nitrogens with zero attached hydrogens (tertiary/aromatic N) is 2. The largest absolute Gasteiger partial charge is 0.342 e. The first-order valence-corrected chi connectivity index (χ1v) is 10.7. The molecule has 130 valence electrons. The van der Waals surface area contributed by atoms with Gasteiger partial charge in [0.1, 0.15) is 0 Å². The summed E-state index contributed by atoms with van der Waals surface area (Å²) < 4.78 is 26.2. The molecule has 1 saturated carbocycles. The van der Waals surface area contributed by atoms with E-state index in [-0.39, 0.29) is 23.9 Å². The first-order chi connectivity index (χ1) is 11.0. The molecule has 1 heterocycles. The second-order valence-electron chi connectivity index (χ2n) is 7.23. The van der Waals surface area contributed by atoms with E-state index in [1.807, 2.05) is 4.90 Å². The molecule has 0 N–H and O–H groups in total. The Morgan fingerprint density at radius 1 is 1.00 bits per heavy atom. The molecule has 0 aromatic carbocycles. The van der Waals surface area contributed by atoms with E-state index in [4.69, 9.17) is 0 Å². The van der Waals surface area contributed by atoms with Crippen LogP contribution >= 0.6 is 0 Å². The van der Waals surface area contributed by atoms with E-state index in [1.54, 1.807) is 4.31 Å². The van der Waals surface area contributed by atoms with Crippen molar-refractivity contribution >= 4 is 15.9 Å². The lowest BCUT2D eigenvalue weighted by molar-refractivity contribution is -0.135. The number of rotatable bonds is 4. The molecule has 3 aliphatic rings. The van der Waals surface area contributed by atoms with E-state index in [0.717, 1.165) is 57.9 Å². The van der Waals surface area contributed by atoms with Crippen molar-refractivity contribution in [1.29, 1.82) is 0 Å². The zero-order chi connectivity index (χ0) is 16.4. The minimum absolute atomic E-state index is 0.0646. The standard InChI is InChI=1S/C17H28N2O3S/c1-23(21,22)19(15-8-4-9-15)16-10-5-12-18(13-11-16)17(20)14-6-2-3-7-14/h2-3,14-16H,4-13H2,1H3. The van der Waals surface area contributed by atoms with Gasteiger partial charge in [0, 0.05) is 31.1 Å². The third-order valence-electron chi connectivity index (χ3n) is 5.54. The average molecular weight is 340 g/mol. The van der Waals surface area contributed by atoms with E-state index in [2.05, 4.69) is 12.2 Å². The van der Waals surface area contributed by atoms with Crippen molar-refractivity contribution in [3.8, 4) is 0 Å². The van der Waals surface area contributed by atoms with Gasteiger partial charge in [0.15, 0.2) is 0 Å². The molecule has 1 saturated heterocycles. The van der Waals surface area contributed by atoms with Gasteiger partial charge in [-0.1, -0.05) is 18.6 Å². The fraction of sp³-hybridized carbons (Fsp3) is 0.824. The molecule has 5 nitrogen and oxygen atoms in total. The highest BCUT2D eigenvalue weighted by Gasteiger charge is 2.38. The van der Waals surface area contributed by atoms with Crippen molar-refractivity contribution in [1.82, 2.24) is 9.21 Å². The molecule has 0 aromatic heterocycles. The molecule has 0 aromatic rings. The summed E-state index contributed by atoms with van der Waals surface area (Å²) in [4.78, 5) is 14.6. The lowest BCUT2D eigenvalue weighted by atomic mass is 9.91. The van der Waals surface area contributed by atoms with Crippen LogP contribution in [-0.4, -0.2) is 55.0 Å². The van der Waals surface area contributed by atoms with Crippen LogP contribution in [0.5, 0.6) is 0 Å². The highest BCUT2D eigenvalue weighted by atomic mass is 32.2. The van der Waals surface area contributed by atoms with Crippen molar-refractivity contribution in [3.63, 3.8) is 0 Å². The number of carbonyl (C=O) groups excluding carboxylic acids is 1. The fourth-order valence-corrected chi connectivity index (χ4v) is 5.62. The summed E-state index contributed by atoms with van der Waals surface area (Å²) in [5.74, 6) is 0.370. The molecule has 6 heteroatoms. The van der Waals surface area contributed by atoms with Crippen LogP contribution in [0.4, 0.5) is 0 Å². The molecule has 0 radical (unpaired) electrons. The molecule has 1 unspecified atom stereocenters. The number of allylic oxidation sites excluding steroid dienone is 2. The van der Waals surface area contributed by atoms with Crippen LogP contribution in [0.1, 0.15) is 51.4 Å². The molecule has 23 heavy (non-hydrogen) atoms. The number of carbonyl (C=O) groups is 1. The number of hydrogen-bond donors (Lipinski definition) is 0. The molecule has 1 aliphatic heterocycles. The third kappa shape index (κ3) is 3.79. The van der Waals surface area contributed by atoms with Gasteiger partial charge in [0.05, 0.1) is 6.26 Å². The first-order valence-electron chi connectivity index (χ1n) is 8.89. The van der Waals surface area contributed by atoms with Gasteiger partial charge in [0.2, 0.25) is 15.9 Å². The molecule has 0 bridgehead atoms. The van der Waals surface area contributed by atoms with Crippen LogP contribution in [0.2, 0.25) is 0 Å². The van der Waals surface area contributed by atoms with Gasteiger partial charge >= 0.3 is 0 Å². The molecule has 1 amide bonds. The van der Waals surface area contributed by atoms with Gasteiger partial charge in [-0.3, -0.25) is 4.79 Å². The lowest BCUT2D eigenvalue weighted by Gasteiger charge is -2.40. The van der Waals surface area contributed by atoms with Crippen LogP contribution < -0.4 is 0 Å². The van der Waals surface area contributed by atoms with Crippen molar-refractivity contribution in [2.24, 2.45) is 5.92 Å². The average Bonchev–Trinajstić information content (AvgIpc) is 2.86. The van der Waals surface area contributed by atoms with Gasteiger partial charge in [-0.15, -0.1) is 0 Å². The molecule has 2 fully saturated rings. The van der Waals surface area contributed by atoms with Crippen LogP contribution in [0.15, 0.2) is 12.2 Å². The first kappa shape index (κ1) is 17.0. The minimum atomic E-state index is -3.17. The van der Waals surface area contributed by atoms with Crippen molar-refractivity contribution in [2.45, 2.75) is 63.5 Å². The summed E-state index contributed by atoms with van der Waals surface area (Å²) in [5.41, 5.74) is 0. The Kier molecular flexibility index (Phi) is 5.11. The molecule has 1 atom stereocenters. The maximum Gasteiger partial charge on any atom is 0.226 e. The van der Waals surface area contributed by atoms with Gasteiger partial charge in [0.25, 0.3) is 0 Å². The summed E-state index contributed by atoms with van der Waals surface area (Å²) in [6.07, 6.45) is 12.9. The second kappa shape index (κ2) is 6.93. The Labute approximate surface area is 139 Å². The summed E-state index contributed by atoms with van der Waals surface area (Å²) in [7, 11) is -3.17. The minimum Gasteiger partial charge on any atom is -0.342 e. The Morgan fingerprint density at radius 2 is 1.61 bits per heavy atom. The number of amides is 1. The Hall–Kier alpha value is -0.880. The molecular formula is C17H28N2O3S. The molecule has 2 aliphatic carbocycles. The zero-order valence-corrected chi connectivity index (χ0v) is 14.8. The predicted molar refractivity (Wildman–Crippen MR) is 90.4 cm³/mol. The van der Waals surface area contributed by atoms with Gasteiger partial charge in [-0.25, -0.2) is 8.42 Å². The van der Waals surface area contributed by atoms with E-state index >= 15 is 0 Å². The SMILES string of the molecule is CS(=O)(=O)N(C1CCC1)C1CCCN(C(=O)C2CC=CC2)CC1. The van der Waals surface area contributed by atoms with Crippen molar-refractivity contribution in [3.05, 3.63) is 12.2 Å². The molecule has 3 rings (SSSR count). The lowest BCUT2D eigenvalue weighted by Crippen LogP contribution is -2.50. The van der Waals surface area contributed by atoms with Gasteiger partial charge in [-0.2, -0.15) is 4.31 Å². The molecular weight excluding hydrogens is 312 g/mol. The van der Waals surface area contributed by atoms with Gasteiger partial charge < -0.3 is 4.90 Å². The van der Waals surface area contributed by atoms with Crippen LogP contribution in [0, 0.1) is 5.92 Å². The van der Waals surface area contributed by atoms with E-state index < -0.39 is 10.0 Å². The van der Waals surface area contributed by atoms with Gasteiger partial charge in [-0.05, 0) is 44.9 Å². The summed E-state index contributed by atoms with van der Waals surface area (Å²) >= 11 is 0. The van der Waals surface area contributed by atoms with E-state index in [0.29, 0.717) is 6.54 Å². The van der Waals surface area contributed by atoms with Crippen molar-refractivity contribution < 1.29 is 13.2 Å². The maximum atomic E-state index is 12.6. The number of likely N-dealkylation sites (tertiary alicyclic amines) is 1. The normalized spacial score (nSPS) is 27.2. The third-order valence-corrected chi connectivity index (χ3v) is 6.91. The smallest absolute Gasteiger partial charge is 0.226 e. The topological polar surface area (TPSA) is 57.7 Å². The highest BCUT2D eigenvalue weighted by Crippen LogP contribution is 2.32. The predicted octanol–water partition coefficient (Wildman–Crippen LogP) is 2.15. The number of sulfonamides is 1. The monoisotopic (exact) mass is 340 g/mol. The zero-order valence-electron chi connectivity index (χ0n) is 14.0. The maximum absolute atomic E-state index is 12.6. The second-order valence-corrected chi connectivity index (χ2v) is 9.12. The summed E-state index contributed by atoms with van der Waals surface area (Å²) in [6.45, 7) is 1.47. The summed E-state index contributed by atoms with van der Waals surface area (Å²) in [5, 5.41) is 0. The van der Waals surface area contributed by atoms with E-state index in [1.165, 1.54) is 6.26 Å². The van der Waals surface area contributed by atoms with E-state index in [9.17, 15) is 13.2 Å².